The molecule has 0 unspecified atom stereocenters. The lowest BCUT2D eigenvalue weighted by Gasteiger charge is -1.83. The van der Waals surface area contributed by atoms with E-state index in [-0.39, 0.29) is 0 Å². The third-order valence-electron chi connectivity index (χ3n) is 0.692. The molecule has 0 aliphatic carbocycles. The lowest BCUT2D eigenvalue weighted by molar-refractivity contribution is 1.31. The van der Waals surface area contributed by atoms with Crippen LogP contribution in [0.2, 0.25) is 0 Å². The Morgan fingerprint density at radius 2 is 2.25 bits per heavy atom. The molecule has 0 bridgehead atoms. The highest BCUT2D eigenvalue weighted by Gasteiger charge is 1.72. The van der Waals surface area contributed by atoms with Crippen LogP contribution < -0.4 is 0 Å². The van der Waals surface area contributed by atoms with Crippen LogP contribution in [0.4, 0.5) is 0 Å². The first kappa shape index (κ1) is 7.15. The Morgan fingerprint density at radius 1 is 1.62 bits per heavy atom. The number of hydrogen-bond donors (Lipinski definition) is 0. The molecule has 44 valence electrons. The summed E-state index contributed by atoms with van der Waals surface area (Å²) in [5.74, 6) is 0. The van der Waals surface area contributed by atoms with Crippen molar-refractivity contribution in [3.05, 3.63) is 24.4 Å². The summed E-state index contributed by atoms with van der Waals surface area (Å²) >= 11 is 0. The third-order valence-corrected chi connectivity index (χ3v) is 0.692. The number of rotatable bonds is 2. The van der Waals surface area contributed by atoms with Crippen LogP contribution in [-0.4, -0.2) is 6.21 Å². The van der Waals surface area contributed by atoms with Gasteiger partial charge in [0.05, 0.1) is 0 Å². The summed E-state index contributed by atoms with van der Waals surface area (Å²) in [6.07, 6.45) is 5.34. The molecule has 0 aromatic carbocycles. The number of hydrogen-bond acceptors (Lipinski definition) is 1. The van der Waals surface area contributed by atoms with Gasteiger partial charge in [-0.15, -0.1) is 0 Å². The van der Waals surface area contributed by atoms with E-state index in [1.54, 1.807) is 12.3 Å². The molecule has 0 radical (unpaired) electrons. The summed E-state index contributed by atoms with van der Waals surface area (Å²) in [6.45, 7) is 7.35. The second kappa shape index (κ2) is 4.31. The number of nitrogens with zero attached hydrogens (tertiary/aromatic N) is 1. The number of allylic oxidation sites excluding steroid dienone is 3. The zero-order valence-electron chi connectivity index (χ0n) is 5.39. The molecule has 0 aromatic rings. The standard InChI is InChI=1S/C7H11N/c1-4-6-7(3)8-5-2/h4-6H,1H2,2-3H3/b7-6+,8-5?. The van der Waals surface area contributed by atoms with Crippen LogP contribution in [0.1, 0.15) is 13.8 Å². The first-order valence-electron chi connectivity index (χ1n) is 2.59. The summed E-state index contributed by atoms with van der Waals surface area (Å²) in [5.41, 5.74) is 0.988. The smallest absolute Gasteiger partial charge is 0.0368 e. The monoisotopic (exact) mass is 109 g/mol. The molecule has 0 saturated carbocycles. The largest absolute Gasteiger partial charge is 0.266 e. The van der Waals surface area contributed by atoms with Crippen molar-refractivity contribution in [2.24, 2.45) is 4.99 Å². The molecule has 0 spiro atoms. The van der Waals surface area contributed by atoms with Gasteiger partial charge in [-0.25, -0.2) is 0 Å². The zero-order valence-corrected chi connectivity index (χ0v) is 5.39. The first-order valence-corrected chi connectivity index (χ1v) is 2.59. The van der Waals surface area contributed by atoms with E-state index < -0.39 is 0 Å². The van der Waals surface area contributed by atoms with Crippen molar-refractivity contribution in [1.29, 1.82) is 0 Å². The fraction of sp³-hybridized carbons (Fsp3) is 0.286. The minimum Gasteiger partial charge on any atom is -0.266 e. The van der Waals surface area contributed by atoms with E-state index in [0.717, 1.165) is 5.70 Å². The molecule has 0 fully saturated rings. The highest BCUT2D eigenvalue weighted by atomic mass is 14.7. The molecule has 0 amide bonds. The van der Waals surface area contributed by atoms with E-state index in [0.29, 0.717) is 0 Å². The van der Waals surface area contributed by atoms with Crippen LogP contribution in [0.25, 0.3) is 0 Å². The fourth-order valence-electron chi connectivity index (χ4n) is 0.417. The molecule has 0 rings (SSSR count). The Hall–Kier alpha value is -0.850. The maximum atomic E-state index is 3.98. The van der Waals surface area contributed by atoms with Crippen LogP contribution in [0.15, 0.2) is 29.4 Å². The van der Waals surface area contributed by atoms with Gasteiger partial charge in [0, 0.05) is 11.9 Å². The molecule has 0 aromatic heterocycles. The maximum absolute atomic E-state index is 3.98. The van der Waals surface area contributed by atoms with Crippen molar-refractivity contribution in [1.82, 2.24) is 0 Å². The van der Waals surface area contributed by atoms with Gasteiger partial charge in [-0.2, -0.15) is 0 Å². The molecular formula is C7H11N. The van der Waals surface area contributed by atoms with E-state index in [9.17, 15) is 0 Å². The van der Waals surface area contributed by atoms with E-state index >= 15 is 0 Å². The van der Waals surface area contributed by atoms with Crippen LogP contribution in [0, 0.1) is 0 Å². The summed E-state index contributed by atoms with van der Waals surface area (Å²) in [6, 6.07) is 0. The minimum absolute atomic E-state index is 0.988. The van der Waals surface area contributed by atoms with Gasteiger partial charge in [0.25, 0.3) is 0 Å². The summed E-state index contributed by atoms with van der Waals surface area (Å²) < 4.78 is 0. The van der Waals surface area contributed by atoms with Gasteiger partial charge in [0.2, 0.25) is 0 Å². The predicted molar refractivity (Wildman–Crippen MR) is 38.1 cm³/mol. The second-order valence-electron chi connectivity index (χ2n) is 1.43. The molecule has 0 N–H and O–H groups in total. The Labute approximate surface area is 50.4 Å². The van der Waals surface area contributed by atoms with Gasteiger partial charge < -0.3 is 0 Å². The second-order valence-corrected chi connectivity index (χ2v) is 1.43. The molecule has 1 heteroatoms. The summed E-state index contributed by atoms with van der Waals surface area (Å²) in [7, 11) is 0. The van der Waals surface area contributed by atoms with E-state index in [1.165, 1.54) is 0 Å². The molecule has 0 atom stereocenters. The Morgan fingerprint density at radius 3 is 2.62 bits per heavy atom. The van der Waals surface area contributed by atoms with Gasteiger partial charge in [-0.3, -0.25) is 4.99 Å². The highest BCUT2D eigenvalue weighted by molar-refractivity contribution is 5.55. The van der Waals surface area contributed by atoms with Crippen LogP contribution >= 0.6 is 0 Å². The van der Waals surface area contributed by atoms with E-state index in [2.05, 4.69) is 11.6 Å². The van der Waals surface area contributed by atoms with Crippen molar-refractivity contribution in [2.45, 2.75) is 13.8 Å². The van der Waals surface area contributed by atoms with Gasteiger partial charge in [0.1, 0.15) is 0 Å². The lowest BCUT2D eigenvalue weighted by Crippen LogP contribution is -1.65. The Balaban J connectivity index is 3.79. The summed E-state index contributed by atoms with van der Waals surface area (Å²) in [5, 5.41) is 0. The lowest BCUT2D eigenvalue weighted by atomic mass is 10.4. The fourth-order valence-corrected chi connectivity index (χ4v) is 0.417. The predicted octanol–water partition coefficient (Wildman–Crippen LogP) is 2.17. The number of aliphatic imine (C=N–C) groups is 1. The van der Waals surface area contributed by atoms with Crippen molar-refractivity contribution in [2.75, 3.05) is 0 Å². The van der Waals surface area contributed by atoms with Crippen molar-refractivity contribution >= 4 is 6.21 Å². The summed E-state index contributed by atoms with van der Waals surface area (Å²) in [4.78, 5) is 3.98. The first-order chi connectivity index (χ1) is 3.81. The highest BCUT2D eigenvalue weighted by Crippen LogP contribution is 1.91. The molecule has 8 heavy (non-hydrogen) atoms. The molecule has 1 nitrogen and oxygen atoms in total. The third kappa shape index (κ3) is 3.34. The van der Waals surface area contributed by atoms with Crippen molar-refractivity contribution in [3.63, 3.8) is 0 Å². The van der Waals surface area contributed by atoms with Gasteiger partial charge >= 0.3 is 0 Å². The average molecular weight is 109 g/mol. The normalized spacial score (nSPS) is 12.5. The Kier molecular flexibility index (Phi) is 3.85. The van der Waals surface area contributed by atoms with Gasteiger partial charge in [-0.05, 0) is 19.9 Å². The van der Waals surface area contributed by atoms with E-state index in [1.807, 2.05) is 19.9 Å². The van der Waals surface area contributed by atoms with Crippen molar-refractivity contribution in [3.8, 4) is 0 Å². The van der Waals surface area contributed by atoms with Gasteiger partial charge in [-0.1, -0.05) is 12.7 Å². The van der Waals surface area contributed by atoms with Crippen LogP contribution in [0.3, 0.4) is 0 Å². The van der Waals surface area contributed by atoms with Crippen LogP contribution in [0.5, 0.6) is 0 Å². The van der Waals surface area contributed by atoms with Crippen LogP contribution in [-0.2, 0) is 0 Å². The average Bonchev–Trinajstić information content (AvgIpc) is 1.68. The van der Waals surface area contributed by atoms with E-state index in [4.69, 9.17) is 0 Å². The molecule has 0 heterocycles. The molecule has 0 saturated heterocycles. The Bertz CT molecular complexity index is 120. The minimum atomic E-state index is 0.988. The molecule has 0 aliphatic rings. The molecule has 0 aliphatic heterocycles. The maximum Gasteiger partial charge on any atom is 0.0368 e. The quantitative estimate of drug-likeness (QED) is 0.380. The topological polar surface area (TPSA) is 12.4 Å². The SMILES string of the molecule is C=C/C=C(\C)N=CC. The molecular weight excluding hydrogens is 98.1 g/mol. The zero-order chi connectivity index (χ0) is 6.41. The van der Waals surface area contributed by atoms with Crippen molar-refractivity contribution < 1.29 is 0 Å². The van der Waals surface area contributed by atoms with Gasteiger partial charge in [0.15, 0.2) is 0 Å².